The summed E-state index contributed by atoms with van der Waals surface area (Å²) in [5.41, 5.74) is 0. The Morgan fingerprint density at radius 2 is 1.11 bits per heavy atom. The number of allylic oxidation sites excluding steroid dienone is 11. The van der Waals surface area contributed by atoms with E-state index < -0.39 is 29.1 Å². The van der Waals surface area contributed by atoms with E-state index in [0.29, 0.717) is 6.42 Å². The number of rotatable bonds is 14. The number of hydrogen-bond acceptors (Lipinski definition) is 5. The first-order valence-corrected chi connectivity index (χ1v) is 8.80. The van der Waals surface area contributed by atoms with Crippen LogP contribution < -0.4 is 0 Å². The summed E-state index contributed by atoms with van der Waals surface area (Å²) in [4.78, 5) is 56.5. The molecule has 0 spiro atoms. The summed E-state index contributed by atoms with van der Waals surface area (Å²) < 4.78 is 0. The molecular weight excluding hydrogens is 360 g/mol. The van der Waals surface area contributed by atoms with E-state index in [2.05, 4.69) is 0 Å². The van der Waals surface area contributed by atoms with Crippen LogP contribution in [0, 0.1) is 0 Å². The van der Waals surface area contributed by atoms with Crippen molar-refractivity contribution in [1.29, 1.82) is 0 Å². The molecule has 0 radical (unpaired) electrons. The number of hydrogen-bond donors (Lipinski definition) is 1. The lowest BCUT2D eigenvalue weighted by Gasteiger charge is -1.97. The van der Waals surface area contributed by atoms with Crippen LogP contribution in [0.5, 0.6) is 0 Å². The van der Waals surface area contributed by atoms with E-state index in [1.807, 2.05) is 6.92 Å². The van der Waals surface area contributed by atoms with Crippen molar-refractivity contribution in [2.24, 2.45) is 0 Å². The lowest BCUT2D eigenvalue weighted by atomic mass is 10.0. The molecule has 0 amide bonds. The van der Waals surface area contributed by atoms with Crippen LogP contribution >= 0.6 is 0 Å². The molecule has 0 saturated heterocycles. The van der Waals surface area contributed by atoms with Gasteiger partial charge in [-0.05, 0) is 12.5 Å². The molecule has 0 bridgehead atoms. The van der Waals surface area contributed by atoms with Crippen LogP contribution in [-0.2, 0) is 24.0 Å². The monoisotopic (exact) mass is 384 g/mol. The Morgan fingerprint density at radius 3 is 1.57 bits per heavy atom. The second kappa shape index (κ2) is 15.8. The minimum Gasteiger partial charge on any atom is -0.478 e. The third-order valence-electron chi connectivity index (χ3n) is 3.18. The van der Waals surface area contributed by atoms with E-state index >= 15 is 0 Å². The van der Waals surface area contributed by atoms with Gasteiger partial charge in [0.25, 0.3) is 11.6 Å². The highest BCUT2D eigenvalue weighted by Crippen LogP contribution is 2.01. The van der Waals surface area contributed by atoms with E-state index in [9.17, 15) is 24.0 Å². The minimum absolute atomic E-state index is 0.0152. The zero-order chi connectivity index (χ0) is 21.2. The van der Waals surface area contributed by atoms with E-state index in [0.717, 1.165) is 25.0 Å². The average molecular weight is 384 g/mol. The average Bonchev–Trinajstić information content (AvgIpc) is 2.67. The van der Waals surface area contributed by atoms with Crippen molar-refractivity contribution in [3.05, 3.63) is 72.9 Å². The molecule has 0 aromatic heterocycles. The summed E-state index contributed by atoms with van der Waals surface area (Å²) in [6, 6.07) is 0. The largest absolute Gasteiger partial charge is 0.478 e. The van der Waals surface area contributed by atoms with Crippen LogP contribution in [0.15, 0.2) is 72.9 Å². The summed E-state index contributed by atoms with van der Waals surface area (Å²) in [6.45, 7) is 1.95. The summed E-state index contributed by atoms with van der Waals surface area (Å²) in [6.07, 6.45) is 19.9. The molecule has 148 valence electrons. The number of carbonyl (C=O) groups excluding carboxylic acids is 4. The first-order valence-electron chi connectivity index (χ1n) is 8.80. The molecule has 0 unspecified atom stereocenters. The van der Waals surface area contributed by atoms with Gasteiger partial charge in [-0.25, -0.2) is 4.79 Å². The van der Waals surface area contributed by atoms with Gasteiger partial charge in [0.2, 0.25) is 11.6 Å². The highest BCUT2D eigenvalue weighted by Gasteiger charge is 2.26. The quantitative estimate of drug-likeness (QED) is 0.162. The molecule has 0 atom stereocenters. The Balaban J connectivity index is 4.33. The molecule has 0 rings (SSSR count). The van der Waals surface area contributed by atoms with Gasteiger partial charge in [0, 0.05) is 12.5 Å². The van der Waals surface area contributed by atoms with Crippen molar-refractivity contribution >= 4 is 29.1 Å². The van der Waals surface area contributed by atoms with Gasteiger partial charge in [-0.2, -0.15) is 0 Å². The molecule has 0 fully saturated rings. The first-order chi connectivity index (χ1) is 13.4. The summed E-state index contributed by atoms with van der Waals surface area (Å²) >= 11 is 0. The van der Waals surface area contributed by atoms with E-state index in [1.165, 1.54) is 18.2 Å². The van der Waals surface area contributed by atoms with E-state index in [1.54, 1.807) is 42.5 Å². The number of carbonyl (C=O) groups is 5. The van der Waals surface area contributed by atoms with Gasteiger partial charge < -0.3 is 5.11 Å². The second-order valence-electron chi connectivity index (χ2n) is 5.50. The predicted octanol–water partition coefficient (Wildman–Crippen LogP) is 3.26. The normalized spacial score (nSPS) is 12.3. The van der Waals surface area contributed by atoms with E-state index in [-0.39, 0.29) is 6.42 Å². The molecule has 0 heterocycles. The van der Waals surface area contributed by atoms with Crippen LogP contribution in [0.1, 0.15) is 32.6 Å². The molecule has 0 aromatic rings. The van der Waals surface area contributed by atoms with Crippen molar-refractivity contribution in [1.82, 2.24) is 0 Å². The Morgan fingerprint density at radius 1 is 0.643 bits per heavy atom. The third-order valence-corrected chi connectivity index (χ3v) is 3.18. The molecular formula is C22H24O6. The van der Waals surface area contributed by atoms with Gasteiger partial charge in [-0.1, -0.05) is 80.5 Å². The van der Waals surface area contributed by atoms with Crippen LogP contribution in [0.25, 0.3) is 0 Å². The van der Waals surface area contributed by atoms with Crippen LogP contribution in [0.3, 0.4) is 0 Å². The number of aliphatic carboxylic acids is 1. The molecule has 1 N–H and O–H groups in total. The first kappa shape index (κ1) is 24.6. The Hall–Kier alpha value is -3.41. The van der Waals surface area contributed by atoms with Crippen LogP contribution in [0.2, 0.25) is 0 Å². The van der Waals surface area contributed by atoms with Crippen molar-refractivity contribution in [2.75, 3.05) is 0 Å². The summed E-state index contributed by atoms with van der Waals surface area (Å²) in [7, 11) is 0. The number of ketones is 4. The minimum atomic E-state index is -1.31. The fourth-order valence-electron chi connectivity index (χ4n) is 1.76. The van der Waals surface area contributed by atoms with Crippen LogP contribution in [-0.4, -0.2) is 34.2 Å². The fourth-order valence-corrected chi connectivity index (χ4v) is 1.76. The molecule has 0 aliphatic rings. The van der Waals surface area contributed by atoms with Gasteiger partial charge in [-0.3, -0.25) is 19.2 Å². The number of carboxylic acid groups (broad SMARTS) is 1. The van der Waals surface area contributed by atoms with Gasteiger partial charge in [0.15, 0.2) is 0 Å². The van der Waals surface area contributed by atoms with Crippen molar-refractivity contribution < 1.29 is 29.1 Å². The lowest BCUT2D eigenvalue weighted by Crippen LogP contribution is -2.29. The second-order valence-corrected chi connectivity index (χ2v) is 5.50. The van der Waals surface area contributed by atoms with E-state index in [4.69, 9.17) is 5.11 Å². The van der Waals surface area contributed by atoms with Gasteiger partial charge >= 0.3 is 5.97 Å². The highest BCUT2D eigenvalue weighted by atomic mass is 16.4. The fraction of sp³-hybridized carbons (Fsp3) is 0.227. The molecule has 0 aliphatic heterocycles. The molecule has 0 aliphatic carbocycles. The maximum Gasteiger partial charge on any atom is 0.328 e. The Bertz CT molecular complexity index is 745. The standard InChI is InChI=1S/C22H24O6/c1-2-3-12-15-18(23)21(27)22(28)19(24)16-13-10-8-6-4-5-7-9-11-14-17-20(25)26/h4-11,13-14,16-17H,2-3,12,15H2,1H3,(H,25,26). The summed E-state index contributed by atoms with van der Waals surface area (Å²) in [5.74, 6) is -5.44. The molecule has 28 heavy (non-hydrogen) atoms. The summed E-state index contributed by atoms with van der Waals surface area (Å²) in [5, 5.41) is 8.38. The highest BCUT2D eigenvalue weighted by molar-refractivity contribution is 6.79. The van der Waals surface area contributed by atoms with Crippen molar-refractivity contribution in [2.45, 2.75) is 32.6 Å². The zero-order valence-electron chi connectivity index (χ0n) is 15.7. The molecule has 0 saturated carbocycles. The molecule has 6 heteroatoms. The number of Topliss-reactive ketones (excluding diaryl/α,β-unsaturated/α-hetero) is 3. The van der Waals surface area contributed by atoms with Crippen molar-refractivity contribution in [3.63, 3.8) is 0 Å². The third kappa shape index (κ3) is 12.9. The smallest absolute Gasteiger partial charge is 0.328 e. The molecule has 0 aromatic carbocycles. The van der Waals surface area contributed by atoms with Crippen LogP contribution in [0.4, 0.5) is 0 Å². The van der Waals surface area contributed by atoms with Crippen molar-refractivity contribution in [3.8, 4) is 0 Å². The zero-order valence-corrected chi connectivity index (χ0v) is 15.7. The number of carboxylic acids is 1. The molecule has 6 nitrogen and oxygen atoms in total. The maximum atomic E-state index is 11.6. The van der Waals surface area contributed by atoms with Gasteiger partial charge in [0.1, 0.15) is 0 Å². The Kier molecular flexibility index (Phi) is 13.9. The SMILES string of the molecule is CCCCCC(=O)C(=O)C(=O)C(=O)C=CC=CC=CC=CC=CC=CC(=O)O. The Labute approximate surface area is 164 Å². The lowest BCUT2D eigenvalue weighted by molar-refractivity contribution is -0.147. The number of unbranched alkanes of at least 4 members (excludes halogenated alkanes) is 2. The van der Waals surface area contributed by atoms with Gasteiger partial charge in [-0.15, -0.1) is 0 Å². The topological polar surface area (TPSA) is 106 Å². The predicted molar refractivity (Wildman–Crippen MR) is 107 cm³/mol. The van der Waals surface area contributed by atoms with Gasteiger partial charge in [0.05, 0.1) is 0 Å². The maximum absolute atomic E-state index is 11.6.